The lowest BCUT2D eigenvalue weighted by molar-refractivity contribution is -0.253. The van der Waals surface area contributed by atoms with Gasteiger partial charge < -0.3 is 4.74 Å². The molecule has 1 rings (SSSR count). The molecule has 0 atom stereocenters. The third-order valence-electron chi connectivity index (χ3n) is 1.64. The van der Waals surface area contributed by atoms with Crippen molar-refractivity contribution in [3.05, 3.63) is 28.8 Å². The van der Waals surface area contributed by atoms with E-state index in [1.807, 2.05) is 0 Å². The lowest BCUT2D eigenvalue weighted by atomic mass is 10.2. The summed E-state index contributed by atoms with van der Waals surface area (Å²) >= 11 is 5.62. The Balaban J connectivity index is 2.86. The summed E-state index contributed by atoms with van der Waals surface area (Å²) in [6.45, 7) is 1.55. The minimum Gasteiger partial charge on any atom is -0.428 e. The summed E-state index contributed by atoms with van der Waals surface area (Å²) in [5.74, 6) is -0.345. The highest BCUT2D eigenvalue weighted by atomic mass is 35.5. The number of aryl methyl sites for hydroxylation is 1. The SMILES string of the molecule is Cc1cc(OC(F)(F)C(F)F)ccc1Cl. The van der Waals surface area contributed by atoms with Gasteiger partial charge in [0.15, 0.2) is 0 Å². The van der Waals surface area contributed by atoms with Crippen molar-refractivity contribution in [2.45, 2.75) is 19.5 Å². The summed E-state index contributed by atoms with van der Waals surface area (Å²) in [5.41, 5.74) is 0.472. The second-order valence-corrected chi connectivity index (χ2v) is 3.28. The van der Waals surface area contributed by atoms with Crippen LogP contribution >= 0.6 is 11.6 Å². The van der Waals surface area contributed by atoms with Crippen LogP contribution in [0.5, 0.6) is 5.75 Å². The van der Waals surface area contributed by atoms with Crippen molar-refractivity contribution in [2.75, 3.05) is 0 Å². The van der Waals surface area contributed by atoms with Crippen LogP contribution in [0.25, 0.3) is 0 Å². The van der Waals surface area contributed by atoms with Crippen molar-refractivity contribution in [1.82, 2.24) is 0 Å². The Kier molecular flexibility index (Phi) is 3.44. The van der Waals surface area contributed by atoms with Crippen LogP contribution in [-0.4, -0.2) is 12.5 Å². The van der Waals surface area contributed by atoms with Gasteiger partial charge in [0.25, 0.3) is 0 Å². The van der Waals surface area contributed by atoms with Gasteiger partial charge in [-0.3, -0.25) is 0 Å². The van der Waals surface area contributed by atoms with E-state index in [1.165, 1.54) is 12.1 Å². The maximum atomic E-state index is 12.5. The standard InChI is InChI=1S/C9H7ClF4O/c1-5-4-6(2-3-7(5)10)15-9(13,14)8(11)12/h2-4,8H,1H3. The zero-order valence-corrected chi connectivity index (χ0v) is 8.36. The van der Waals surface area contributed by atoms with Gasteiger partial charge >= 0.3 is 12.5 Å². The minimum absolute atomic E-state index is 0.345. The Morgan fingerprint density at radius 2 is 1.93 bits per heavy atom. The molecule has 1 aromatic carbocycles. The molecule has 0 radical (unpaired) electrons. The number of rotatable bonds is 3. The molecule has 6 heteroatoms. The van der Waals surface area contributed by atoms with Crippen molar-refractivity contribution in [1.29, 1.82) is 0 Å². The average Bonchev–Trinajstić information content (AvgIpc) is 2.10. The fraction of sp³-hybridized carbons (Fsp3) is 0.333. The number of hydrogen-bond acceptors (Lipinski definition) is 1. The van der Waals surface area contributed by atoms with Crippen LogP contribution < -0.4 is 4.74 Å². The van der Waals surface area contributed by atoms with Gasteiger partial charge in [0.05, 0.1) is 0 Å². The predicted molar refractivity (Wildman–Crippen MR) is 47.8 cm³/mol. The third kappa shape index (κ3) is 2.99. The third-order valence-corrected chi connectivity index (χ3v) is 2.06. The highest BCUT2D eigenvalue weighted by molar-refractivity contribution is 6.31. The Bertz CT molecular complexity index is 354. The van der Waals surface area contributed by atoms with Crippen LogP contribution in [0.1, 0.15) is 5.56 Å². The monoisotopic (exact) mass is 242 g/mol. The first-order valence-corrected chi connectivity index (χ1v) is 4.32. The van der Waals surface area contributed by atoms with E-state index in [0.29, 0.717) is 10.6 Å². The lowest BCUT2D eigenvalue weighted by Gasteiger charge is -2.17. The van der Waals surface area contributed by atoms with E-state index in [1.54, 1.807) is 6.92 Å². The molecule has 0 aliphatic heterocycles. The number of hydrogen-bond donors (Lipinski definition) is 0. The quantitative estimate of drug-likeness (QED) is 0.731. The van der Waals surface area contributed by atoms with Crippen molar-refractivity contribution in [2.24, 2.45) is 0 Å². The summed E-state index contributed by atoms with van der Waals surface area (Å²) in [5, 5.41) is 0.350. The van der Waals surface area contributed by atoms with E-state index in [2.05, 4.69) is 4.74 Å². The molecule has 0 unspecified atom stereocenters. The zero-order valence-electron chi connectivity index (χ0n) is 7.61. The molecule has 0 aliphatic rings. The maximum absolute atomic E-state index is 12.5. The molecule has 0 spiro atoms. The van der Waals surface area contributed by atoms with Gasteiger partial charge in [-0.05, 0) is 30.7 Å². The van der Waals surface area contributed by atoms with Crippen molar-refractivity contribution < 1.29 is 22.3 Å². The summed E-state index contributed by atoms with van der Waals surface area (Å²) in [6, 6.07) is 3.57. The molecule has 0 aromatic heterocycles. The molecule has 84 valence electrons. The lowest BCUT2D eigenvalue weighted by Crippen LogP contribution is -2.33. The van der Waals surface area contributed by atoms with Crippen molar-refractivity contribution >= 4 is 11.6 Å². The van der Waals surface area contributed by atoms with Gasteiger partial charge in [0.1, 0.15) is 5.75 Å². The molecule has 15 heavy (non-hydrogen) atoms. The van der Waals surface area contributed by atoms with Crippen LogP contribution in [0.15, 0.2) is 18.2 Å². The van der Waals surface area contributed by atoms with Gasteiger partial charge in [-0.1, -0.05) is 11.6 Å². The number of halogens is 5. The van der Waals surface area contributed by atoms with Crippen LogP contribution in [0, 0.1) is 6.92 Å². The molecule has 1 nitrogen and oxygen atoms in total. The van der Waals surface area contributed by atoms with E-state index >= 15 is 0 Å². The Hall–Kier alpha value is -0.970. The predicted octanol–water partition coefficient (Wildman–Crippen LogP) is 3.89. The van der Waals surface area contributed by atoms with Crippen molar-refractivity contribution in [3.63, 3.8) is 0 Å². The van der Waals surface area contributed by atoms with E-state index < -0.39 is 12.5 Å². The fourth-order valence-corrected chi connectivity index (χ4v) is 1.000. The first kappa shape index (κ1) is 12.1. The van der Waals surface area contributed by atoms with E-state index in [9.17, 15) is 17.6 Å². The molecule has 0 saturated heterocycles. The topological polar surface area (TPSA) is 9.23 Å². The van der Waals surface area contributed by atoms with Crippen molar-refractivity contribution in [3.8, 4) is 5.75 Å². The molecule has 0 aliphatic carbocycles. The molecule has 0 N–H and O–H groups in total. The van der Waals surface area contributed by atoms with Crippen LogP contribution in [-0.2, 0) is 0 Å². The minimum atomic E-state index is -4.49. The van der Waals surface area contributed by atoms with Crippen LogP contribution in [0.2, 0.25) is 5.02 Å². The van der Waals surface area contributed by atoms with Gasteiger partial charge in [-0.15, -0.1) is 0 Å². The molecule has 0 bridgehead atoms. The van der Waals surface area contributed by atoms with E-state index in [4.69, 9.17) is 11.6 Å². The Labute approximate surface area is 88.6 Å². The van der Waals surface area contributed by atoms with Crippen LogP contribution in [0.4, 0.5) is 17.6 Å². The summed E-state index contributed by atoms with van der Waals surface area (Å²) in [4.78, 5) is 0. The molecule has 0 fully saturated rings. The summed E-state index contributed by atoms with van der Waals surface area (Å²) in [7, 11) is 0. The van der Waals surface area contributed by atoms with Gasteiger partial charge in [-0.2, -0.15) is 17.6 Å². The van der Waals surface area contributed by atoms with E-state index in [0.717, 1.165) is 6.07 Å². The highest BCUT2D eigenvalue weighted by Crippen LogP contribution is 2.29. The number of ether oxygens (including phenoxy) is 1. The van der Waals surface area contributed by atoms with E-state index in [-0.39, 0.29) is 5.75 Å². The maximum Gasteiger partial charge on any atom is 0.461 e. The smallest absolute Gasteiger partial charge is 0.428 e. The van der Waals surface area contributed by atoms with Crippen LogP contribution in [0.3, 0.4) is 0 Å². The molecule has 0 heterocycles. The fourth-order valence-electron chi connectivity index (χ4n) is 0.882. The average molecular weight is 243 g/mol. The molecular formula is C9H7ClF4O. The van der Waals surface area contributed by atoms with Gasteiger partial charge in [0.2, 0.25) is 0 Å². The second kappa shape index (κ2) is 4.26. The largest absolute Gasteiger partial charge is 0.461 e. The summed E-state index contributed by atoms with van der Waals surface area (Å²) in [6.07, 6.45) is -8.35. The molecule has 0 saturated carbocycles. The second-order valence-electron chi connectivity index (χ2n) is 2.88. The van der Waals surface area contributed by atoms with Gasteiger partial charge in [0, 0.05) is 5.02 Å². The Morgan fingerprint density at radius 3 is 2.40 bits per heavy atom. The highest BCUT2D eigenvalue weighted by Gasteiger charge is 2.43. The first-order valence-electron chi connectivity index (χ1n) is 3.94. The first-order chi connectivity index (χ1) is 6.83. The van der Waals surface area contributed by atoms with Gasteiger partial charge in [-0.25, -0.2) is 0 Å². The zero-order chi connectivity index (χ0) is 11.6. The molecule has 0 amide bonds. The molecular weight excluding hydrogens is 236 g/mol. The normalized spacial score (nSPS) is 11.9. The Morgan fingerprint density at radius 1 is 1.33 bits per heavy atom. The number of benzene rings is 1. The number of alkyl halides is 4. The summed E-state index contributed by atoms with van der Waals surface area (Å²) < 4.78 is 52.3. The molecule has 1 aromatic rings.